The number of H-pyrrole nitrogens is 1. The van der Waals surface area contributed by atoms with E-state index in [0.717, 1.165) is 0 Å². The van der Waals surface area contributed by atoms with Crippen molar-refractivity contribution in [2.24, 2.45) is 0 Å². The third-order valence-electron chi connectivity index (χ3n) is 5.94. The zero-order valence-corrected chi connectivity index (χ0v) is 15.5. The maximum absolute atomic E-state index is 3.77. The minimum atomic E-state index is 0. The van der Waals surface area contributed by atoms with Crippen molar-refractivity contribution in [1.29, 1.82) is 0 Å². The summed E-state index contributed by atoms with van der Waals surface area (Å²) in [6, 6.07) is 18.3. The van der Waals surface area contributed by atoms with Crippen molar-refractivity contribution in [3.8, 4) is 0 Å². The van der Waals surface area contributed by atoms with Gasteiger partial charge >= 0.3 is 0 Å². The number of rotatable bonds is 1. The Morgan fingerprint density at radius 1 is 1.09 bits per heavy atom. The van der Waals surface area contributed by atoms with Crippen molar-refractivity contribution < 1.29 is 28.5 Å². The summed E-state index contributed by atoms with van der Waals surface area (Å²) in [7, 11) is 0. The molecule has 1 aromatic heterocycles. The minimum absolute atomic E-state index is 0. The molecule has 3 heteroatoms. The Balaban J connectivity index is 0.00000135. The third kappa shape index (κ3) is 1.96. The fourth-order valence-corrected chi connectivity index (χ4v) is 4.82. The van der Waals surface area contributed by atoms with Gasteiger partial charge in [0.2, 0.25) is 0 Å². The van der Waals surface area contributed by atoms with Crippen molar-refractivity contribution in [3.63, 3.8) is 0 Å². The highest BCUT2D eigenvalue weighted by molar-refractivity contribution is 5.85. The van der Waals surface area contributed by atoms with Crippen LogP contribution in [0.5, 0.6) is 0 Å². The zero-order chi connectivity index (χ0) is 14.7. The summed E-state index contributed by atoms with van der Waals surface area (Å²) in [4.78, 5) is 3.77. The standard InChI is InChI=1S/C20H21N2.HI/c1-2-22-12-11-17-16-9-5-6-10-18(16)21-19(17)20(22)15-8-4-3-7-14(15)13-22;/h3-10,20-21H,2,11-13H2,1H3;1H/q+1;/p-1. The Morgan fingerprint density at radius 2 is 1.87 bits per heavy atom. The van der Waals surface area contributed by atoms with Gasteiger partial charge in [0, 0.05) is 28.5 Å². The molecule has 3 heterocycles. The Morgan fingerprint density at radius 3 is 2.74 bits per heavy atom. The maximum atomic E-state index is 3.77. The van der Waals surface area contributed by atoms with Crippen LogP contribution >= 0.6 is 0 Å². The van der Waals surface area contributed by atoms with Crippen LogP contribution in [0, 0.1) is 0 Å². The largest absolute Gasteiger partial charge is 1.00 e. The molecule has 3 aromatic rings. The summed E-state index contributed by atoms with van der Waals surface area (Å²) in [5.41, 5.74) is 7.41. The Kier molecular flexibility index (Phi) is 3.54. The van der Waals surface area contributed by atoms with E-state index >= 15 is 0 Å². The van der Waals surface area contributed by atoms with Crippen LogP contribution < -0.4 is 24.0 Å². The first-order chi connectivity index (χ1) is 10.8. The lowest BCUT2D eigenvalue weighted by Crippen LogP contribution is -3.00. The molecule has 23 heavy (non-hydrogen) atoms. The number of aromatic nitrogens is 1. The first kappa shape index (κ1) is 15.2. The van der Waals surface area contributed by atoms with Gasteiger partial charge in [0.05, 0.1) is 18.8 Å². The first-order valence-corrected chi connectivity index (χ1v) is 8.35. The van der Waals surface area contributed by atoms with Gasteiger partial charge in [0.1, 0.15) is 6.54 Å². The molecule has 2 nitrogen and oxygen atoms in total. The van der Waals surface area contributed by atoms with Crippen LogP contribution in [0.4, 0.5) is 0 Å². The Bertz CT molecular complexity index is 882. The predicted octanol–water partition coefficient (Wildman–Crippen LogP) is 1.17. The monoisotopic (exact) mass is 416 g/mol. The molecule has 1 N–H and O–H groups in total. The van der Waals surface area contributed by atoms with Crippen LogP contribution in [-0.2, 0) is 13.0 Å². The van der Waals surface area contributed by atoms with Crippen LogP contribution in [0.2, 0.25) is 0 Å². The van der Waals surface area contributed by atoms with Crippen molar-refractivity contribution >= 4 is 10.9 Å². The van der Waals surface area contributed by atoms with E-state index in [-0.39, 0.29) is 24.0 Å². The number of hydrogen-bond donors (Lipinski definition) is 1. The van der Waals surface area contributed by atoms with Crippen LogP contribution in [0.1, 0.15) is 35.3 Å². The van der Waals surface area contributed by atoms with Crippen molar-refractivity contribution in [1.82, 2.24) is 4.98 Å². The smallest absolute Gasteiger partial charge is 0.156 e. The van der Waals surface area contributed by atoms with Crippen molar-refractivity contribution in [3.05, 3.63) is 70.9 Å². The number of para-hydroxylation sites is 1. The van der Waals surface area contributed by atoms with E-state index in [0.29, 0.717) is 6.04 Å². The molecule has 0 bridgehead atoms. The highest BCUT2D eigenvalue weighted by Gasteiger charge is 2.49. The highest BCUT2D eigenvalue weighted by Crippen LogP contribution is 2.49. The van der Waals surface area contributed by atoms with E-state index < -0.39 is 0 Å². The highest BCUT2D eigenvalue weighted by atomic mass is 127. The van der Waals surface area contributed by atoms with E-state index in [1.165, 1.54) is 52.7 Å². The van der Waals surface area contributed by atoms with Gasteiger partial charge in [-0.05, 0) is 18.6 Å². The quantitative estimate of drug-likeness (QED) is 0.453. The molecule has 0 spiro atoms. The van der Waals surface area contributed by atoms with Crippen molar-refractivity contribution in [2.45, 2.75) is 25.9 Å². The van der Waals surface area contributed by atoms with Gasteiger partial charge in [-0.3, -0.25) is 0 Å². The lowest BCUT2D eigenvalue weighted by atomic mass is 9.92. The second-order valence-electron chi connectivity index (χ2n) is 6.83. The van der Waals surface area contributed by atoms with Crippen LogP contribution in [0.3, 0.4) is 0 Å². The van der Waals surface area contributed by atoms with E-state index in [1.807, 2.05) is 0 Å². The molecule has 118 valence electrons. The molecule has 5 rings (SSSR count). The predicted molar refractivity (Wildman–Crippen MR) is 89.7 cm³/mol. The van der Waals surface area contributed by atoms with Gasteiger partial charge in [0.15, 0.2) is 6.04 Å². The molecule has 0 fully saturated rings. The molecule has 0 saturated heterocycles. The molecule has 2 atom stereocenters. The summed E-state index contributed by atoms with van der Waals surface area (Å²) in [6.45, 7) is 6.00. The number of likely N-dealkylation sites (N-methyl/N-ethyl adjacent to an activating group) is 1. The lowest BCUT2D eigenvalue weighted by Gasteiger charge is -2.42. The molecule has 2 aliphatic rings. The van der Waals surface area contributed by atoms with Gasteiger partial charge in [-0.25, -0.2) is 0 Å². The molecule has 0 radical (unpaired) electrons. The number of halogens is 1. The van der Waals surface area contributed by atoms with Crippen LogP contribution in [0.15, 0.2) is 48.5 Å². The van der Waals surface area contributed by atoms with Gasteiger partial charge in [-0.15, -0.1) is 0 Å². The number of aromatic amines is 1. The summed E-state index contributed by atoms with van der Waals surface area (Å²) in [6.07, 6.45) is 1.19. The number of quaternary nitrogens is 1. The fourth-order valence-electron chi connectivity index (χ4n) is 4.82. The van der Waals surface area contributed by atoms with Gasteiger partial charge < -0.3 is 33.4 Å². The molecule has 0 aliphatic carbocycles. The van der Waals surface area contributed by atoms with Gasteiger partial charge in [-0.2, -0.15) is 0 Å². The van der Waals surface area contributed by atoms with Gasteiger partial charge in [0.25, 0.3) is 0 Å². The lowest BCUT2D eigenvalue weighted by molar-refractivity contribution is -0.958. The second kappa shape index (κ2) is 5.35. The molecule has 2 aliphatic heterocycles. The van der Waals surface area contributed by atoms with Gasteiger partial charge in [-0.1, -0.05) is 42.5 Å². The summed E-state index contributed by atoms with van der Waals surface area (Å²) >= 11 is 0. The fraction of sp³-hybridized carbons (Fsp3) is 0.300. The minimum Gasteiger partial charge on any atom is -1.00 e. The molecule has 0 amide bonds. The number of hydrogen-bond acceptors (Lipinski definition) is 0. The Labute approximate surface area is 154 Å². The normalized spacial score (nSPS) is 24.7. The van der Waals surface area contributed by atoms with E-state index in [1.54, 1.807) is 11.1 Å². The maximum Gasteiger partial charge on any atom is 0.156 e. The third-order valence-corrected chi connectivity index (χ3v) is 5.94. The summed E-state index contributed by atoms with van der Waals surface area (Å²) < 4.78 is 1.19. The number of benzene rings is 2. The Hall–Kier alpha value is -1.33. The van der Waals surface area contributed by atoms with E-state index in [9.17, 15) is 0 Å². The van der Waals surface area contributed by atoms with Crippen LogP contribution in [-0.4, -0.2) is 22.6 Å². The number of nitrogens with one attached hydrogen (secondary N) is 1. The molecular weight excluding hydrogens is 395 g/mol. The second-order valence-corrected chi connectivity index (χ2v) is 6.83. The SMILES string of the molecule is CC[N+]12CCc3c([nH]c4ccccc34)C1c1ccccc1C2.[I-]. The summed E-state index contributed by atoms with van der Waals surface area (Å²) in [5, 5.41) is 1.43. The molecule has 0 saturated carbocycles. The first-order valence-electron chi connectivity index (χ1n) is 8.35. The summed E-state index contributed by atoms with van der Waals surface area (Å²) in [5.74, 6) is 0. The average Bonchev–Trinajstić information content (AvgIpc) is 3.10. The van der Waals surface area contributed by atoms with Crippen molar-refractivity contribution in [2.75, 3.05) is 13.1 Å². The van der Waals surface area contributed by atoms with Crippen LogP contribution in [0.25, 0.3) is 10.9 Å². The molecule has 2 aromatic carbocycles. The molecular formula is C20H21IN2. The topological polar surface area (TPSA) is 15.8 Å². The zero-order valence-electron chi connectivity index (χ0n) is 13.3. The average molecular weight is 416 g/mol. The molecule has 2 unspecified atom stereocenters. The number of nitrogens with zero attached hydrogens (tertiary/aromatic N) is 1. The van der Waals surface area contributed by atoms with E-state index in [2.05, 4.69) is 60.4 Å². The number of fused-ring (bicyclic) bond motifs is 7. The van der Waals surface area contributed by atoms with E-state index in [4.69, 9.17) is 0 Å².